The van der Waals surface area contributed by atoms with Gasteiger partial charge in [0.1, 0.15) is 0 Å². The van der Waals surface area contributed by atoms with Crippen molar-refractivity contribution in [3.63, 3.8) is 0 Å². The van der Waals surface area contributed by atoms with E-state index < -0.39 is 0 Å². The summed E-state index contributed by atoms with van der Waals surface area (Å²) in [5, 5.41) is 3.95. The molecule has 0 aromatic heterocycles. The summed E-state index contributed by atoms with van der Waals surface area (Å²) in [6.07, 6.45) is 2.37. The molecule has 1 fully saturated rings. The van der Waals surface area contributed by atoms with Crippen molar-refractivity contribution in [2.75, 3.05) is 26.7 Å². The van der Waals surface area contributed by atoms with Gasteiger partial charge in [0, 0.05) is 28.7 Å². The molecule has 5 heteroatoms. The lowest BCUT2D eigenvalue weighted by Crippen LogP contribution is -2.39. The highest BCUT2D eigenvalue weighted by Crippen LogP contribution is 2.21. The van der Waals surface area contributed by atoms with Gasteiger partial charge in [-0.15, -0.1) is 0 Å². The molecule has 0 saturated carbocycles. The highest BCUT2D eigenvalue weighted by atomic mass is 79.9. The Hall–Kier alpha value is -0.580. The van der Waals surface area contributed by atoms with E-state index >= 15 is 0 Å². The van der Waals surface area contributed by atoms with Crippen LogP contribution >= 0.6 is 27.5 Å². The van der Waals surface area contributed by atoms with Crippen molar-refractivity contribution in [2.24, 2.45) is 5.92 Å². The molecule has 19 heavy (non-hydrogen) atoms. The first-order valence-electron chi connectivity index (χ1n) is 6.48. The number of piperidine rings is 1. The zero-order chi connectivity index (χ0) is 13.8. The summed E-state index contributed by atoms with van der Waals surface area (Å²) in [5.41, 5.74) is 0.630. The third-order valence-corrected chi connectivity index (χ3v) is 4.06. The van der Waals surface area contributed by atoms with E-state index in [-0.39, 0.29) is 5.91 Å². The molecule has 3 nitrogen and oxygen atoms in total. The Balaban J connectivity index is 2.01. The molecule has 1 atom stereocenters. The zero-order valence-corrected chi connectivity index (χ0v) is 13.3. The SMILES string of the molecule is CN(CC1CCCNC1)C(=O)c1cc(Cl)cc(Br)c1. The van der Waals surface area contributed by atoms with E-state index in [1.807, 2.05) is 13.1 Å². The monoisotopic (exact) mass is 344 g/mol. The number of halogens is 2. The summed E-state index contributed by atoms with van der Waals surface area (Å²) >= 11 is 9.34. The summed E-state index contributed by atoms with van der Waals surface area (Å²) in [4.78, 5) is 14.1. The van der Waals surface area contributed by atoms with Crippen molar-refractivity contribution in [1.82, 2.24) is 10.2 Å². The largest absolute Gasteiger partial charge is 0.341 e. The molecule has 2 rings (SSSR count). The Morgan fingerprint density at radius 1 is 1.53 bits per heavy atom. The van der Waals surface area contributed by atoms with E-state index in [0.717, 1.165) is 24.1 Å². The minimum absolute atomic E-state index is 0.0220. The van der Waals surface area contributed by atoms with Gasteiger partial charge in [0.2, 0.25) is 0 Å². The second-order valence-corrected chi connectivity index (χ2v) is 6.41. The molecule has 0 aliphatic carbocycles. The smallest absolute Gasteiger partial charge is 0.253 e. The normalized spacial score (nSPS) is 19.2. The summed E-state index contributed by atoms with van der Waals surface area (Å²) < 4.78 is 0.830. The standard InChI is InChI=1S/C14H18BrClN2O/c1-18(9-10-3-2-4-17-8-10)14(19)11-5-12(15)7-13(16)6-11/h5-7,10,17H,2-4,8-9H2,1H3. The van der Waals surface area contributed by atoms with Crippen LogP contribution in [0.3, 0.4) is 0 Å². The number of carbonyl (C=O) groups excluding carboxylic acids is 1. The molecular formula is C14H18BrClN2O. The minimum Gasteiger partial charge on any atom is -0.341 e. The highest BCUT2D eigenvalue weighted by molar-refractivity contribution is 9.10. The van der Waals surface area contributed by atoms with Gasteiger partial charge in [-0.05, 0) is 50.0 Å². The van der Waals surface area contributed by atoms with Crippen LogP contribution in [-0.2, 0) is 0 Å². The molecule has 1 aliphatic rings. The average Bonchev–Trinajstić information content (AvgIpc) is 2.37. The summed E-state index contributed by atoms with van der Waals surface area (Å²) in [7, 11) is 1.85. The van der Waals surface area contributed by atoms with Gasteiger partial charge in [-0.25, -0.2) is 0 Å². The van der Waals surface area contributed by atoms with E-state index in [0.29, 0.717) is 16.5 Å². The number of nitrogens with zero attached hydrogens (tertiary/aromatic N) is 1. The van der Waals surface area contributed by atoms with Gasteiger partial charge in [-0.1, -0.05) is 27.5 Å². The Morgan fingerprint density at radius 2 is 2.32 bits per heavy atom. The second kappa shape index (κ2) is 6.73. The Kier molecular flexibility index (Phi) is 5.25. The fourth-order valence-electron chi connectivity index (χ4n) is 2.45. The van der Waals surface area contributed by atoms with E-state index in [1.54, 1.807) is 17.0 Å². The van der Waals surface area contributed by atoms with Crippen molar-refractivity contribution >= 4 is 33.4 Å². The Bertz CT molecular complexity index is 441. The van der Waals surface area contributed by atoms with Gasteiger partial charge in [0.25, 0.3) is 5.91 Å². The molecule has 1 amide bonds. The average molecular weight is 346 g/mol. The van der Waals surface area contributed by atoms with Crippen molar-refractivity contribution < 1.29 is 4.79 Å². The van der Waals surface area contributed by atoms with Gasteiger partial charge < -0.3 is 10.2 Å². The number of amides is 1. The molecule has 1 aliphatic heterocycles. The Morgan fingerprint density at radius 3 is 2.95 bits per heavy atom. The molecule has 1 aromatic carbocycles. The van der Waals surface area contributed by atoms with Gasteiger partial charge >= 0.3 is 0 Å². The van der Waals surface area contributed by atoms with E-state index in [4.69, 9.17) is 11.6 Å². The molecule has 1 saturated heterocycles. The third-order valence-electron chi connectivity index (χ3n) is 3.39. The predicted octanol–water partition coefficient (Wildman–Crippen LogP) is 3.17. The van der Waals surface area contributed by atoms with Crippen LogP contribution in [0.1, 0.15) is 23.2 Å². The van der Waals surface area contributed by atoms with Crippen LogP contribution in [0.25, 0.3) is 0 Å². The molecule has 104 valence electrons. The number of hydrogen-bond donors (Lipinski definition) is 1. The second-order valence-electron chi connectivity index (χ2n) is 5.06. The van der Waals surface area contributed by atoms with Crippen LogP contribution in [0.2, 0.25) is 5.02 Å². The summed E-state index contributed by atoms with van der Waals surface area (Å²) in [5.74, 6) is 0.569. The van der Waals surface area contributed by atoms with E-state index in [9.17, 15) is 4.79 Å². The quantitative estimate of drug-likeness (QED) is 0.912. The first kappa shape index (κ1) is 14.8. The molecule has 1 unspecified atom stereocenters. The zero-order valence-electron chi connectivity index (χ0n) is 11.0. The number of nitrogens with one attached hydrogen (secondary N) is 1. The molecule has 0 radical (unpaired) electrons. The maximum atomic E-state index is 12.3. The summed E-state index contributed by atoms with van der Waals surface area (Å²) in [6, 6.07) is 5.30. The van der Waals surface area contributed by atoms with E-state index in [2.05, 4.69) is 21.2 Å². The lowest BCUT2D eigenvalue weighted by Gasteiger charge is -2.27. The molecular weight excluding hydrogens is 328 g/mol. The molecule has 0 spiro atoms. The van der Waals surface area contributed by atoms with Crippen LogP contribution in [0.5, 0.6) is 0 Å². The Labute approximate surface area is 127 Å². The number of hydrogen-bond acceptors (Lipinski definition) is 2. The first-order chi connectivity index (χ1) is 9.06. The predicted molar refractivity (Wildman–Crippen MR) is 81.7 cm³/mol. The van der Waals surface area contributed by atoms with Crippen LogP contribution < -0.4 is 5.32 Å². The van der Waals surface area contributed by atoms with Gasteiger partial charge in [-0.3, -0.25) is 4.79 Å². The molecule has 0 bridgehead atoms. The van der Waals surface area contributed by atoms with Crippen molar-refractivity contribution in [3.8, 4) is 0 Å². The topological polar surface area (TPSA) is 32.3 Å². The van der Waals surface area contributed by atoms with Crippen LogP contribution in [0.4, 0.5) is 0 Å². The van der Waals surface area contributed by atoms with Gasteiger partial charge in [0.05, 0.1) is 0 Å². The van der Waals surface area contributed by atoms with Gasteiger partial charge in [-0.2, -0.15) is 0 Å². The fraction of sp³-hybridized carbons (Fsp3) is 0.500. The highest BCUT2D eigenvalue weighted by Gasteiger charge is 2.19. The molecule has 1 heterocycles. The number of rotatable bonds is 3. The maximum Gasteiger partial charge on any atom is 0.253 e. The fourth-order valence-corrected chi connectivity index (χ4v) is 3.31. The van der Waals surface area contributed by atoms with Crippen LogP contribution in [0, 0.1) is 5.92 Å². The number of benzene rings is 1. The minimum atomic E-state index is 0.0220. The number of carbonyl (C=O) groups is 1. The third kappa shape index (κ3) is 4.20. The van der Waals surface area contributed by atoms with Crippen molar-refractivity contribution in [2.45, 2.75) is 12.8 Å². The van der Waals surface area contributed by atoms with Crippen LogP contribution in [-0.4, -0.2) is 37.5 Å². The summed E-state index contributed by atoms with van der Waals surface area (Å²) in [6.45, 7) is 2.88. The van der Waals surface area contributed by atoms with Crippen LogP contribution in [0.15, 0.2) is 22.7 Å². The van der Waals surface area contributed by atoms with Gasteiger partial charge in [0.15, 0.2) is 0 Å². The van der Waals surface area contributed by atoms with E-state index in [1.165, 1.54) is 12.8 Å². The van der Waals surface area contributed by atoms with Crippen molar-refractivity contribution in [1.29, 1.82) is 0 Å². The van der Waals surface area contributed by atoms with Crippen molar-refractivity contribution in [3.05, 3.63) is 33.3 Å². The lowest BCUT2D eigenvalue weighted by atomic mass is 9.99. The lowest BCUT2D eigenvalue weighted by molar-refractivity contribution is 0.0764. The maximum absolute atomic E-state index is 12.3. The molecule has 1 aromatic rings. The molecule has 1 N–H and O–H groups in total. The first-order valence-corrected chi connectivity index (χ1v) is 7.65.